The molecule has 3 rings (SSSR count). The van der Waals surface area contributed by atoms with Crippen LogP contribution in [0.1, 0.15) is 5.69 Å². The molecule has 3 aromatic rings. The van der Waals surface area contributed by atoms with E-state index in [1.807, 2.05) is 12.1 Å². The lowest BCUT2D eigenvalue weighted by molar-refractivity contribution is 1.18. The van der Waals surface area contributed by atoms with Crippen molar-refractivity contribution in [3.8, 4) is 0 Å². The molecule has 0 aliphatic heterocycles. The molecule has 1 heterocycles. The summed E-state index contributed by atoms with van der Waals surface area (Å²) in [7, 11) is -0.458. The van der Waals surface area contributed by atoms with Gasteiger partial charge in [0.25, 0.3) is 0 Å². The fourth-order valence-electron chi connectivity index (χ4n) is 2.30. The average Bonchev–Trinajstić information content (AvgIpc) is 2.54. The molecular weight excluding hydrogens is 275 g/mol. The highest BCUT2D eigenvalue weighted by Crippen LogP contribution is 2.37. The zero-order valence-corrected chi connectivity index (χ0v) is 12.6. The first-order valence-corrected chi connectivity index (χ1v) is 8.45. The molecule has 21 heavy (non-hydrogen) atoms. The first kappa shape index (κ1) is 13.8. The van der Waals surface area contributed by atoms with E-state index in [1.54, 1.807) is 0 Å². The Morgan fingerprint density at radius 1 is 0.714 bits per heavy atom. The van der Waals surface area contributed by atoms with E-state index in [2.05, 4.69) is 71.7 Å². The average molecular weight is 292 g/mol. The topological polar surface area (TPSA) is 38.9 Å². The molecule has 0 saturated carbocycles. The smallest absolute Gasteiger partial charge is 0.123 e. The van der Waals surface area contributed by atoms with Crippen LogP contribution in [0.15, 0.2) is 78.9 Å². The Balaban J connectivity index is 1.97. The molecular formula is C18H17N2P. The summed E-state index contributed by atoms with van der Waals surface area (Å²) >= 11 is 0. The number of hydrogen-bond donors (Lipinski definition) is 1. The minimum atomic E-state index is -0.458. The maximum atomic E-state index is 5.81. The zero-order valence-electron chi connectivity index (χ0n) is 11.7. The van der Waals surface area contributed by atoms with Crippen molar-refractivity contribution >= 4 is 24.3 Å². The third kappa shape index (κ3) is 3.48. The molecule has 0 bridgehead atoms. The second-order valence-corrected chi connectivity index (χ2v) is 7.02. The Labute approximate surface area is 126 Å². The van der Waals surface area contributed by atoms with Gasteiger partial charge in [0, 0.05) is 11.9 Å². The number of pyridine rings is 1. The van der Waals surface area contributed by atoms with Crippen LogP contribution in [0.2, 0.25) is 0 Å². The highest BCUT2D eigenvalue weighted by Gasteiger charge is 2.14. The van der Waals surface area contributed by atoms with Gasteiger partial charge in [0.15, 0.2) is 0 Å². The van der Waals surface area contributed by atoms with Crippen LogP contribution in [0.4, 0.5) is 5.82 Å². The van der Waals surface area contributed by atoms with Gasteiger partial charge >= 0.3 is 0 Å². The summed E-state index contributed by atoms with van der Waals surface area (Å²) < 4.78 is 0. The van der Waals surface area contributed by atoms with E-state index < -0.39 is 7.92 Å². The second-order valence-electron chi connectivity index (χ2n) is 4.81. The van der Waals surface area contributed by atoms with Gasteiger partial charge in [-0.3, -0.25) is 0 Å². The van der Waals surface area contributed by atoms with Gasteiger partial charge in [-0.25, -0.2) is 4.98 Å². The third-order valence-corrected chi connectivity index (χ3v) is 5.77. The summed E-state index contributed by atoms with van der Waals surface area (Å²) in [5.74, 6) is 0.587. The SMILES string of the molecule is Nc1cccc(CP(c2ccccc2)c2ccccc2)n1. The summed E-state index contributed by atoms with van der Waals surface area (Å²) in [4.78, 5) is 4.46. The van der Waals surface area contributed by atoms with Gasteiger partial charge in [-0.15, -0.1) is 0 Å². The van der Waals surface area contributed by atoms with Crippen LogP contribution in [0.25, 0.3) is 0 Å². The van der Waals surface area contributed by atoms with E-state index in [0.29, 0.717) is 5.82 Å². The highest BCUT2D eigenvalue weighted by atomic mass is 31.1. The number of benzene rings is 2. The third-order valence-electron chi connectivity index (χ3n) is 3.28. The molecule has 2 aromatic carbocycles. The quantitative estimate of drug-likeness (QED) is 0.749. The fraction of sp³-hybridized carbons (Fsp3) is 0.0556. The van der Waals surface area contributed by atoms with Crippen molar-refractivity contribution in [2.75, 3.05) is 5.73 Å². The lowest BCUT2D eigenvalue weighted by atomic mass is 10.4. The first-order chi connectivity index (χ1) is 10.3. The largest absolute Gasteiger partial charge is 0.384 e. The molecule has 0 unspecified atom stereocenters. The molecule has 104 valence electrons. The van der Waals surface area contributed by atoms with Crippen molar-refractivity contribution in [3.63, 3.8) is 0 Å². The van der Waals surface area contributed by atoms with E-state index in [9.17, 15) is 0 Å². The molecule has 0 saturated heterocycles. The molecule has 0 fully saturated rings. The van der Waals surface area contributed by atoms with Crippen molar-refractivity contribution < 1.29 is 0 Å². The predicted molar refractivity (Wildman–Crippen MR) is 91.4 cm³/mol. The maximum absolute atomic E-state index is 5.81. The number of hydrogen-bond acceptors (Lipinski definition) is 2. The number of nitrogens with zero attached hydrogens (tertiary/aromatic N) is 1. The minimum Gasteiger partial charge on any atom is -0.384 e. The molecule has 0 aliphatic rings. The minimum absolute atomic E-state index is 0.458. The Hall–Kier alpha value is -2.18. The van der Waals surface area contributed by atoms with Gasteiger partial charge in [0.2, 0.25) is 0 Å². The number of rotatable bonds is 4. The van der Waals surface area contributed by atoms with E-state index in [-0.39, 0.29) is 0 Å². The van der Waals surface area contributed by atoms with Crippen molar-refractivity contribution in [2.45, 2.75) is 6.16 Å². The van der Waals surface area contributed by atoms with Gasteiger partial charge < -0.3 is 5.73 Å². The second kappa shape index (κ2) is 6.51. The summed E-state index contributed by atoms with van der Waals surface area (Å²) in [6.45, 7) is 0. The lowest BCUT2D eigenvalue weighted by Gasteiger charge is -2.18. The lowest BCUT2D eigenvalue weighted by Crippen LogP contribution is -2.13. The molecule has 0 radical (unpaired) electrons. The van der Waals surface area contributed by atoms with E-state index >= 15 is 0 Å². The number of nitrogen functional groups attached to an aromatic ring is 1. The highest BCUT2D eigenvalue weighted by molar-refractivity contribution is 7.72. The molecule has 2 N–H and O–H groups in total. The van der Waals surface area contributed by atoms with Crippen LogP contribution in [-0.2, 0) is 6.16 Å². The molecule has 0 spiro atoms. The standard InChI is InChI=1S/C18H17N2P/c19-18-13-7-8-15(20-18)14-21(16-9-3-1-4-10-16)17-11-5-2-6-12-17/h1-13H,14H2,(H2,19,20). The number of anilines is 1. The predicted octanol–water partition coefficient (Wildman–Crippen LogP) is 3.30. The Bertz CT molecular complexity index is 659. The van der Waals surface area contributed by atoms with Crippen LogP contribution in [-0.4, -0.2) is 4.98 Å². The number of aromatic nitrogens is 1. The molecule has 2 nitrogen and oxygen atoms in total. The van der Waals surface area contributed by atoms with E-state index in [1.165, 1.54) is 10.6 Å². The van der Waals surface area contributed by atoms with E-state index in [0.717, 1.165) is 11.9 Å². The first-order valence-electron chi connectivity index (χ1n) is 6.92. The normalized spacial score (nSPS) is 10.7. The van der Waals surface area contributed by atoms with Crippen molar-refractivity contribution in [3.05, 3.63) is 84.6 Å². The van der Waals surface area contributed by atoms with Gasteiger partial charge in [-0.1, -0.05) is 66.7 Å². The monoisotopic (exact) mass is 292 g/mol. The number of nitrogens with two attached hydrogens (primary N) is 1. The van der Waals surface area contributed by atoms with E-state index in [4.69, 9.17) is 5.73 Å². The Morgan fingerprint density at radius 3 is 1.81 bits per heavy atom. The molecule has 3 heteroatoms. The Kier molecular flexibility index (Phi) is 4.28. The van der Waals surface area contributed by atoms with Crippen molar-refractivity contribution in [1.82, 2.24) is 4.98 Å². The summed E-state index contributed by atoms with van der Waals surface area (Å²) in [5.41, 5.74) is 6.86. The summed E-state index contributed by atoms with van der Waals surface area (Å²) in [5, 5.41) is 2.73. The van der Waals surface area contributed by atoms with Crippen molar-refractivity contribution in [2.24, 2.45) is 0 Å². The van der Waals surface area contributed by atoms with Gasteiger partial charge in [0.05, 0.1) is 0 Å². The Morgan fingerprint density at radius 2 is 1.29 bits per heavy atom. The zero-order chi connectivity index (χ0) is 14.5. The molecule has 0 atom stereocenters. The maximum Gasteiger partial charge on any atom is 0.123 e. The van der Waals surface area contributed by atoms with Gasteiger partial charge in [-0.05, 0) is 30.7 Å². The summed E-state index contributed by atoms with van der Waals surface area (Å²) in [6, 6.07) is 27.2. The molecule has 0 aliphatic carbocycles. The van der Waals surface area contributed by atoms with Crippen LogP contribution in [0, 0.1) is 0 Å². The van der Waals surface area contributed by atoms with Gasteiger partial charge in [0.1, 0.15) is 5.82 Å². The van der Waals surface area contributed by atoms with Crippen molar-refractivity contribution in [1.29, 1.82) is 0 Å². The van der Waals surface area contributed by atoms with Crippen LogP contribution >= 0.6 is 7.92 Å². The van der Waals surface area contributed by atoms with Gasteiger partial charge in [-0.2, -0.15) is 0 Å². The van der Waals surface area contributed by atoms with Crippen LogP contribution in [0.3, 0.4) is 0 Å². The van der Waals surface area contributed by atoms with Crippen LogP contribution < -0.4 is 16.3 Å². The summed E-state index contributed by atoms with van der Waals surface area (Å²) in [6.07, 6.45) is 0.911. The fourth-order valence-corrected chi connectivity index (χ4v) is 4.52. The molecule has 0 amide bonds. The molecule has 1 aromatic heterocycles. The van der Waals surface area contributed by atoms with Crippen LogP contribution in [0.5, 0.6) is 0 Å².